The molecule has 2 fully saturated rings. The first-order valence-electron chi connectivity index (χ1n) is 11.1. The van der Waals surface area contributed by atoms with Crippen LogP contribution >= 0.6 is 24.0 Å². The molecule has 1 saturated carbocycles. The van der Waals surface area contributed by atoms with Gasteiger partial charge in [-0.3, -0.25) is 4.79 Å². The van der Waals surface area contributed by atoms with Gasteiger partial charge in [-0.15, -0.1) is 24.0 Å². The number of piperidine rings is 1. The summed E-state index contributed by atoms with van der Waals surface area (Å²) in [6.07, 6.45) is 7.48. The molecule has 0 aromatic carbocycles. The van der Waals surface area contributed by atoms with E-state index in [4.69, 9.17) is 4.74 Å². The van der Waals surface area contributed by atoms with Crippen molar-refractivity contribution in [3.8, 4) is 0 Å². The fourth-order valence-corrected chi connectivity index (χ4v) is 4.02. The van der Waals surface area contributed by atoms with Gasteiger partial charge in [0.2, 0.25) is 5.91 Å². The number of carbonyl (C=O) groups excluding carboxylic acids is 2. The molecule has 2 unspecified atom stereocenters. The fourth-order valence-electron chi connectivity index (χ4n) is 4.02. The first-order valence-corrected chi connectivity index (χ1v) is 11.1. The number of carbonyl (C=O) groups is 2. The van der Waals surface area contributed by atoms with E-state index in [9.17, 15) is 9.59 Å². The second kappa shape index (κ2) is 13.9. The molecule has 0 aromatic rings. The molecule has 2 rings (SSSR count). The lowest BCUT2D eigenvalue weighted by molar-refractivity contribution is -0.127. The number of amides is 2. The minimum atomic E-state index is -0.234. The molecule has 1 heterocycles. The Kier molecular flexibility index (Phi) is 12.4. The third kappa shape index (κ3) is 8.85. The van der Waals surface area contributed by atoms with Crippen LogP contribution in [-0.4, -0.2) is 80.2 Å². The van der Waals surface area contributed by atoms with Gasteiger partial charge in [-0.25, -0.2) is 9.79 Å². The quantitative estimate of drug-likeness (QED) is 0.309. The summed E-state index contributed by atoms with van der Waals surface area (Å²) in [6, 6.07) is 0.626. The molecular weight excluding hydrogens is 497 g/mol. The number of aliphatic imine (C=N–C) groups is 1. The van der Waals surface area contributed by atoms with E-state index in [0.717, 1.165) is 37.6 Å². The molecule has 1 aliphatic heterocycles. The van der Waals surface area contributed by atoms with Crippen molar-refractivity contribution < 1.29 is 14.3 Å². The Bertz CT molecular complexity index is 565. The van der Waals surface area contributed by atoms with E-state index in [1.54, 1.807) is 23.9 Å². The lowest BCUT2D eigenvalue weighted by Gasteiger charge is -2.34. The highest BCUT2D eigenvalue weighted by molar-refractivity contribution is 14.0. The van der Waals surface area contributed by atoms with Crippen LogP contribution in [0.2, 0.25) is 0 Å². The molecule has 0 spiro atoms. The molecule has 9 heteroatoms. The largest absolute Gasteiger partial charge is 0.450 e. The molecular formula is C21H40IN5O3. The molecule has 2 atom stereocenters. The van der Waals surface area contributed by atoms with Crippen LogP contribution in [0.25, 0.3) is 0 Å². The van der Waals surface area contributed by atoms with E-state index in [-0.39, 0.29) is 48.6 Å². The van der Waals surface area contributed by atoms with Crippen molar-refractivity contribution in [2.45, 2.75) is 70.9 Å². The Morgan fingerprint density at radius 3 is 2.33 bits per heavy atom. The molecule has 2 amide bonds. The topological polar surface area (TPSA) is 86.3 Å². The van der Waals surface area contributed by atoms with Crippen molar-refractivity contribution in [1.29, 1.82) is 0 Å². The number of nitrogens with zero attached hydrogens (tertiary/aromatic N) is 3. The van der Waals surface area contributed by atoms with Gasteiger partial charge in [-0.1, -0.05) is 26.2 Å². The summed E-state index contributed by atoms with van der Waals surface area (Å²) in [7, 11) is 3.49. The van der Waals surface area contributed by atoms with Gasteiger partial charge in [0.25, 0.3) is 0 Å². The third-order valence-corrected chi connectivity index (χ3v) is 5.93. The number of likely N-dealkylation sites (N-methyl/N-ethyl adjacent to an activating group) is 1. The van der Waals surface area contributed by atoms with Crippen molar-refractivity contribution in [3.05, 3.63) is 0 Å². The lowest BCUT2D eigenvalue weighted by atomic mass is 9.84. The summed E-state index contributed by atoms with van der Waals surface area (Å²) in [4.78, 5) is 31.8. The van der Waals surface area contributed by atoms with Gasteiger partial charge in [-0.2, -0.15) is 0 Å². The Balaban J connectivity index is 0.00000450. The number of halogens is 1. The van der Waals surface area contributed by atoms with Crippen LogP contribution in [0.5, 0.6) is 0 Å². The highest BCUT2D eigenvalue weighted by Crippen LogP contribution is 2.26. The van der Waals surface area contributed by atoms with Crippen molar-refractivity contribution in [3.63, 3.8) is 0 Å². The average Bonchev–Trinajstić information content (AvgIpc) is 2.72. The third-order valence-electron chi connectivity index (χ3n) is 5.93. The van der Waals surface area contributed by atoms with Crippen LogP contribution in [-0.2, 0) is 9.53 Å². The van der Waals surface area contributed by atoms with Crippen LogP contribution in [0.1, 0.15) is 58.8 Å². The number of hydrogen-bond acceptors (Lipinski definition) is 4. The summed E-state index contributed by atoms with van der Waals surface area (Å²) >= 11 is 0. The molecule has 1 saturated heterocycles. The normalized spacial score (nSPS) is 22.7. The second-order valence-electron chi connectivity index (χ2n) is 8.34. The maximum Gasteiger partial charge on any atom is 0.409 e. The summed E-state index contributed by atoms with van der Waals surface area (Å²) < 4.78 is 5.09. The van der Waals surface area contributed by atoms with E-state index in [2.05, 4.69) is 22.5 Å². The molecule has 1 aliphatic carbocycles. The van der Waals surface area contributed by atoms with Crippen LogP contribution in [0, 0.1) is 5.92 Å². The van der Waals surface area contributed by atoms with Crippen molar-refractivity contribution in [1.82, 2.24) is 20.4 Å². The highest BCUT2D eigenvalue weighted by Gasteiger charge is 2.26. The second-order valence-corrected chi connectivity index (χ2v) is 8.34. The van der Waals surface area contributed by atoms with Gasteiger partial charge in [0, 0.05) is 39.3 Å². The number of likely N-dealkylation sites (tertiary alicyclic amines) is 1. The molecule has 30 heavy (non-hydrogen) atoms. The van der Waals surface area contributed by atoms with E-state index in [1.165, 1.54) is 19.3 Å². The Morgan fingerprint density at radius 1 is 1.07 bits per heavy atom. The minimum Gasteiger partial charge on any atom is -0.450 e. The molecule has 174 valence electrons. The monoisotopic (exact) mass is 537 g/mol. The van der Waals surface area contributed by atoms with Crippen molar-refractivity contribution in [2.75, 3.05) is 40.3 Å². The minimum absolute atomic E-state index is 0. The molecule has 0 bridgehead atoms. The first kappa shape index (κ1) is 26.8. The zero-order valence-electron chi connectivity index (χ0n) is 19.0. The smallest absolute Gasteiger partial charge is 0.409 e. The SMILES string of the molecule is CCOC(=O)N1CCC(NC(=NCC(=O)N(C)C)NC2CCCC(CC)C2)CC1.I. The molecule has 2 aliphatic rings. The van der Waals surface area contributed by atoms with Crippen LogP contribution in [0.15, 0.2) is 4.99 Å². The Labute approximate surface area is 198 Å². The molecule has 8 nitrogen and oxygen atoms in total. The Hall–Kier alpha value is -1.26. The van der Waals surface area contributed by atoms with Gasteiger partial charge >= 0.3 is 6.09 Å². The molecule has 2 N–H and O–H groups in total. The Morgan fingerprint density at radius 2 is 1.73 bits per heavy atom. The van der Waals surface area contributed by atoms with Gasteiger partial charge in [0.15, 0.2) is 5.96 Å². The number of nitrogens with one attached hydrogen (secondary N) is 2. The van der Waals surface area contributed by atoms with Crippen molar-refractivity contribution >= 4 is 41.9 Å². The van der Waals surface area contributed by atoms with E-state index in [1.807, 2.05) is 6.92 Å². The van der Waals surface area contributed by atoms with Crippen LogP contribution < -0.4 is 10.6 Å². The van der Waals surface area contributed by atoms with Gasteiger partial charge in [0.05, 0.1) is 6.61 Å². The summed E-state index contributed by atoms with van der Waals surface area (Å²) in [5.41, 5.74) is 0. The predicted molar refractivity (Wildman–Crippen MR) is 130 cm³/mol. The highest BCUT2D eigenvalue weighted by atomic mass is 127. The van der Waals surface area contributed by atoms with Gasteiger partial charge in [-0.05, 0) is 38.5 Å². The summed E-state index contributed by atoms with van der Waals surface area (Å²) in [5.74, 6) is 1.47. The zero-order chi connectivity index (χ0) is 21.2. The van der Waals surface area contributed by atoms with Crippen molar-refractivity contribution in [2.24, 2.45) is 10.9 Å². The first-order chi connectivity index (χ1) is 13.9. The van der Waals surface area contributed by atoms with Gasteiger partial charge in [0.1, 0.15) is 6.54 Å². The van der Waals surface area contributed by atoms with E-state index in [0.29, 0.717) is 25.7 Å². The maximum atomic E-state index is 12.0. The standard InChI is InChI=1S/C21H39N5O3.HI/c1-5-16-8-7-9-18(14-16)24-20(22-15-19(27)25(3)4)23-17-10-12-26(13-11-17)21(28)29-6-2;/h16-18H,5-15H2,1-4H3,(H2,22,23,24);1H. The average molecular weight is 537 g/mol. The van der Waals surface area contributed by atoms with Crippen LogP contribution in [0.4, 0.5) is 4.79 Å². The van der Waals surface area contributed by atoms with E-state index >= 15 is 0 Å². The van der Waals surface area contributed by atoms with Gasteiger partial charge < -0.3 is 25.2 Å². The van der Waals surface area contributed by atoms with E-state index < -0.39 is 0 Å². The number of guanidine groups is 1. The predicted octanol–water partition coefficient (Wildman–Crippen LogP) is 2.82. The number of rotatable bonds is 6. The number of ether oxygens (including phenoxy) is 1. The molecule has 0 radical (unpaired) electrons. The maximum absolute atomic E-state index is 12.0. The fraction of sp³-hybridized carbons (Fsp3) is 0.857. The van der Waals surface area contributed by atoms with Crippen LogP contribution in [0.3, 0.4) is 0 Å². The number of hydrogen-bond donors (Lipinski definition) is 2. The summed E-state index contributed by atoms with van der Waals surface area (Å²) in [6.45, 7) is 5.95. The lowest BCUT2D eigenvalue weighted by Crippen LogP contribution is -2.52. The zero-order valence-corrected chi connectivity index (χ0v) is 21.3. The summed E-state index contributed by atoms with van der Waals surface area (Å²) in [5, 5.41) is 7.09. The molecule has 0 aromatic heterocycles.